The molecule has 0 radical (unpaired) electrons. The van der Waals surface area contributed by atoms with Crippen LogP contribution in [-0.2, 0) is 4.74 Å². The molecule has 0 bridgehead atoms. The number of carbonyl (C=O) groups is 2. The fraction of sp³-hybridized carbons (Fsp3) is 0.231. The zero-order valence-corrected chi connectivity index (χ0v) is 17.9. The molecule has 0 saturated carbocycles. The van der Waals surface area contributed by atoms with Crippen molar-refractivity contribution in [2.45, 2.75) is 24.8 Å². The highest BCUT2D eigenvalue weighted by Gasteiger charge is 2.38. The quantitative estimate of drug-likeness (QED) is 0.471. The molecule has 1 fully saturated rings. The lowest BCUT2D eigenvalue weighted by Crippen LogP contribution is -2.43. The summed E-state index contributed by atoms with van der Waals surface area (Å²) in [5.74, 6) is -0.271. The summed E-state index contributed by atoms with van der Waals surface area (Å²) in [4.78, 5) is 27.8. The van der Waals surface area contributed by atoms with Crippen LogP contribution in [0.15, 0.2) is 72.8 Å². The summed E-state index contributed by atoms with van der Waals surface area (Å²) >= 11 is 0. The fourth-order valence-corrected chi connectivity index (χ4v) is 5.09. The number of para-hydroxylation sites is 1. The monoisotopic (exact) mass is 438 g/mol. The van der Waals surface area contributed by atoms with Gasteiger partial charge in [-0.1, -0.05) is 65.9 Å². The number of hydrogen-bond acceptors (Lipinski definition) is 5. The van der Waals surface area contributed by atoms with Gasteiger partial charge in [-0.3, -0.25) is 9.69 Å². The lowest BCUT2D eigenvalue weighted by atomic mass is 9.98. The van der Waals surface area contributed by atoms with Crippen molar-refractivity contribution in [1.82, 2.24) is 19.9 Å². The molecule has 1 atom stereocenters. The minimum atomic E-state index is -0.606. The molecule has 33 heavy (non-hydrogen) atoms. The van der Waals surface area contributed by atoms with Crippen molar-refractivity contribution >= 4 is 23.0 Å². The van der Waals surface area contributed by atoms with Crippen molar-refractivity contribution in [3.8, 4) is 11.1 Å². The number of carbonyl (C=O) groups excluding carboxylic acids is 2. The number of ether oxygens (including phenoxy) is 1. The van der Waals surface area contributed by atoms with Crippen LogP contribution < -0.4 is 0 Å². The predicted octanol–water partition coefficient (Wildman–Crippen LogP) is 4.49. The largest absolute Gasteiger partial charge is 0.448 e. The Morgan fingerprint density at radius 2 is 1.58 bits per heavy atom. The standard InChI is InChI=1S/C26H22N4O3/c31-25(30-23-13-6-5-12-22(23)27-28-30)24-14-7-15-29(24)26(32)33-16-21-19-10-3-1-8-17(19)18-9-2-4-11-20(18)21/h1-6,8-13,21,24H,7,14-16H2. The van der Waals surface area contributed by atoms with Crippen molar-refractivity contribution in [2.24, 2.45) is 0 Å². The van der Waals surface area contributed by atoms with Crippen LogP contribution in [-0.4, -0.2) is 51.1 Å². The highest BCUT2D eigenvalue weighted by molar-refractivity contribution is 5.93. The molecular formula is C26H22N4O3. The Balaban J connectivity index is 1.21. The molecule has 4 aromatic rings. The average Bonchev–Trinajstić information content (AvgIpc) is 3.58. The molecular weight excluding hydrogens is 416 g/mol. The third-order valence-electron chi connectivity index (χ3n) is 6.67. The normalized spacial score (nSPS) is 17.2. The molecule has 2 aliphatic rings. The number of fused-ring (bicyclic) bond motifs is 4. The van der Waals surface area contributed by atoms with Crippen LogP contribution in [0, 0.1) is 0 Å². The summed E-state index contributed by atoms with van der Waals surface area (Å²) in [6, 6.07) is 23.2. The van der Waals surface area contributed by atoms with Crippen LogP contribution in [0.5, 0.6) is 0 Å². The molecule has 1 saturated heterocycles. The molecule has 1 amide bonds. The van der Waals surface area contributed by atoms with Crippen molar-refractivity contribution in [2.75, 3.05) is 13.2 Å². The maximum atomic E-state index is 13.2. The summed E-state index contributed by atoms with van der Waals surface area (Å²) in [7, 11) is 0. The van der Waals surface area contributed by atoms with Crippen LogP contribution in [0.4, 0.5) is 4.79 Å². The minimum Gasteiger partial charge on any atom is -0.448 e. The molecule has 0 spiro atoms. The van der Waals surface area contributed by atoms with Crippen LogP contribution in [0.3, 0.4) is 0 Å². The van der Waals surface area contributed by atoms with Crippen molar-refractivity contribution in [3.63, 3.8) is 0 Å². The summed E-state index contributed by atoms with van der Waals surface area (Å²) in [5.41, 5.74) is 5.98. The first-order chi connectivity index (χ1) is 16.2. The molecule has 6 rings (SSSR count). The molecule has 1 aliphatic carbocycles. The van der Waals surface area contributed by atoms with Gasteiger partial charge in [0.1, 0.15) is 18.2 Å². The van der Waals surface area contributed by atoms with Gasteiger partial charge in [0, 0.05) is 12.5 Å². The van der Waals surface area contributed by atoms with Gasteiger partial charge in [0.05, 0.1) is 5.52 Å². The third-order valence-corrected chi connectivity index (χ3v) is 6.67. The molecule has 1 aliphatic heterocycles. The Kier molecular flexibility index (Phi) is 4.68. The van der Waals surface area contributed by atoms with Crippen LogP contribution in [0.1, 0.15) is 34.7 Å². The fourth-order valence-electron chi connectivity index (χ4n) is 5.09. The summed E-state index contributed by atoms with van der Waals surface area (Å²) in [5, 5.41) is 8.10. The van der Waals surface area contributed by atoms with Crippen molar-refractivity contribution in [3.05, 3.63) is 83.9 Å². The van der Waals surface area contributed by atoms with E-state index < -0.39 is 12.1 Å². The molecule has 7 nitrogen and oxygen atoms in total. The van der Waals surface area contributed by atoms with E-state index in [1.165, 1.54) is 20.7 Å². The lowest BCUT2D eigenvalue weighted by molar-refractivity contribution is 0.0676. The van der Waals surface area contributed by atoms with Crippen molar-refractivity contribution in [1.29, 1.82) is 0 Å². The Hall–Kier alpha value is -4.00. The van der Waals surface area contributed by atoms with E-state index in [4.69, 9.17) is 4.74 Å². The second kappa shape index (κ2) is 7.85. The van der Waals surface area contributed by atoms with E-state index in [1.807, 2.05) is 42.5 Å². The van der Waals surface area contributed by atoms with E-state index in [0.29, 0.717) is 24.0 Å². The Morgan fingerprint density at radius 1 is 0.909 bits per heavy atom. The lowest BCUT2D eigenvalue weighted by Gasteiger charge is -2.24. The SMILES string of the molecule is O=C(OCC1c2ccccc2-c2ccccc21)N1CCCC1C(=O)n1nnc2ccccc21. The van der Waals surface area contributed by atoms with E-state index in [-0.39, 0.29) is 18.4 Å². The Labute approximate surface area is 190 Å². The smallest absolute Gasteiger partial charge is 0.410 e. The van der Waals surface area contributed by atoms with Crippen LogP contribution in [0.25, 0.3) is 22.2 Å². The average molecular weight is 438 g/mol. The first-order valence-electron chi connectivity index (χ1n) is 11.2. The number of rotatable bonds is 3. The predicted molar refractivity (Wildman–Crippen MR) is 123 cm³/mol. The summed E-state index contributed by atoms with van der Waals surface area (Å²) in [6.07, 6.45) is 0.863. The van der Waals surface area contributed by atoms with Gasteiger partial charge in [0.25, 0.3) is 5.91 Å². The number of likely N-dealkylation sites (tertiary alicyclic amines) is 1. The third kappa shape index (κ3) is 3.19. The number of amides is 1. The maximum absolute atomic E-state index is 13.2. The van der Waals surface area contributed by atoms with E-state index in [2.05, 4.69) is 34.6 Å². The van der Waals surface area contributed by atoms with Gasteiger partial charge in [0.15, 0.2) is 0 Å². The second-order valence-corrected chi connectivity index (χ2v) is 8.48. The summed E-state index contributed by atoms with van der Waals surface area (Å²) in [6.45, 7) is 0.718. The molecule has 1 aromatic heterocycles. The first-order valence-corrected chi connectivity index (χ1v) is 11.2. The minimum absolute atomic E-state index is 0.0163. The number of nitrogens with zero attached hydrogens (tertiary/aromatic N) is 4. The number of hydrogen-bond donors (Lipinski definition) is 0. The molecule has 2 heterocycles. The van der Waals surface area contributed by atoms with Gasteiger partial charge in [-0.25, -0.2) is 4.79 Å². The molecule has 7 heteroatoms. The number of aromatic nitrogens is 3. The van der Waals surface area contributed by atoms with E-state index in [1.54, 1.807) is 6.07 Å². The second-order valence-electron chi connectivity index (χ2n) is 8.48. The highest BCUT2D eigenvalue weighted by atomic mass is 16.6. The van der Waals surface area contributed by atoms with E-state index >= 15 is 0 Å². The van der Waals surface area contributed by atoms with Gasteiger partial charge in [-0.2, -0.15) is 4.68 Å². The van der Waals surface area contributed by atoms with Gasteiger partial charge >= 0.3 is 6.09 Å². The first kappa shape index (κ1) is 19.7. The van der Waals surface area contributed by atoms with Gasteiger partial charge < -0.3 is 4.74 Å². The molecule has 1 unspecified atom stereocenters. The van der Waals surface area contributed by atoms with E-state index in [9.17, 15) is 9.59 Å². The zero-order chi connectivity index (χ0) is 22.4. The van der Waals surface area contributed by atoms with Gasteiger partial charge in [-0.15, -0.1) is 5.10 Å². The number of benzene rings is 3. The topological polar surface area (TPSA) is 77.3 Å². The zero-order valence-electron chi connectivity index (χ0n) is 17.9. The molecule has 3 aromatic carbocycles. The molecule has 164 valence electrons. The summed E-state index contributed by atoms with van der Waals surface area (Å²) < 4.78 is 7.10. The molecule has 0 N–H and O–H groups in total. The highest BCUT2D eigenvalue weighted by Crippen LogP contribution is 2.44. The van der Waals surface area contributed by atoms with Gasteiger partial charge in [-0.05, 0) is 47.2 Å². The Bertz CT molecular complexity index is 1330. The van der Waals surface area contributed by atoms with Crippen molar-refractivity contribution < 1.29 is 14.3 Å². The Morgan fingerprint density at radius 3 is 2.33 bits per heavy atom. The van der Waals surface area contributed by atoms with Crippen LogP contribution in [0.2, 0.25) is 0 Å². The van der Waals surface area contributed by atoms with Gasteiger partial charge in [0.2, 0.25) is 0 Å². The van der Waals surface area contributed by atoms with Crippen LogP contribution >= 0.6 is 0 Å². The van der Waals surface area contributed by atoms with E-state index in [0.717, 1.165) is 17.5 Å². The maximum Gasteiger partial charge on any atom is 0.410 e.